The van der Waals surface area contributed by atoms with E-state index in [9.17, 15) is 14.4 Å². The predicted octanol–water partition coefficient (Wildman–Crippen LogP) is 0.931. The maximum Gasteiger partial charge on any atom is 0.340 e. The van der Waals surface area contributed by atoms with Crippen molar-refractivity contribution in [2.24, 2.45) is 0 Å². The minimum Gasteiger partial charge on any atom is -0.480 e. The number of nitrogens with zero attached hydrogens (tertiary/aromatic N) is 1. The highest BCUT2D eigenvalue weighted by Crippen LogP contribution is 2.37. The third-order valence-corrected chi connectivity index (χ3v) is 3.46. The van der Waals surface area contributed by atoms with Gasteiger partial charge in [0, 0.05) is 12.0 Å². The van der Waals surface area contributed by atoms with Gasteiger partial charge in [0.05, 0.1) is 5.56 Å². The van der Waals surface area contributed by atoms with Gasteiger partial charge in [0.15, 0.2) is 0 Å². The molecule has 1 aromatic carbocycles. The molecule has 2 unspecified atom stereocenters. The number of carbonyl (C=O) groups excluding carboxylic acids is 2. The number of hydrogen-bond acceptors (Lipinski definition) is 4. The van der Waals surface area contributed by atoms with E-state index in [4.69, 9.17) is 9.84 Å². The van der Waals surface area contributed by atoms with Gasteiger partial charge in [0.1, 0.15) is 6.04 Å². The van der Waals surface area contributed by atoms with E-state index in [2.05, 4.69) is 0 Å². The van der Waals surface area contributed by atoms with Crippen molar-refractivity contribution in [2.75, 3.05) is 0 Å². The second-order valence-corrected chi connectivity index (χ2v) is 4.54. The molecule has 0 radical (unpaired) electrons. The minimum absolute atomic E-state index is 0.160. The number of rotatable bonds is 2. The lowest BCUT2D eigenvalue weighted by molar-refractivity contribution is -0.154. The van der Waals surface area contributed by atoms with E-state index in [0.717, 1.165) is 4.90 Å². The minimum atomic E-state index is -1.08. The van der Waals surface area contributed by atoms with Crippen molar-refractivity contribution in [3.05, 3.63) is 35.4 Å². The number of esters is 1. The zero-order valence-corrected chi connectivity index (χ0v) is 9.91. The monoisotopic (exact) mass is 261 g/mol. The van der Waals surface area contributed by atoms with Gasteiger partial charge in [0.25, 0.3) is 0 Å². The van der Waals surface area contributed by atoms with Crippen LogP contribution in [0.15, 0.2) is 24.3 Å². The number of cyclic esters (lactones) is 1. The molecule has 6 heteroatoms. The van der Waals surface area contributed by atoms with E-state index in [1.54, 1.807) is 24.3 Å². The van der Waals surface area contributed by atoms with E-state index >= 15 is 0 Å². The predicted molar refractivity (Wildman–Crippen MR) is 62.1 cm³/mol. The van der Waals surface area contributed by atoms with Gasteiger partial charge in [-0.3, -0.25) is 9.69 Å². The Kier molecular flexibility index (Phi) is 2.51. The molecule has 2 aliphatic heterocycles. The van der Waals surface area contributed by atoms with Gasteiger partial charge in [-0.15, -0.1) is 0 Å². The molecule has 6 nitrogen and oxygen atoms in total. The zero-order valence-electron chi connectivity index (χ0n) is 9.91. The number of fused-ring (bicyclic) bond motifs is 1. The van der Waals surface area contributed by atoms with Crippen molar-refractivity contribution in [2.45, 2.75) is 25.1 Å². The summed E-state index contributed by atoms with van der Waals surface area (Å²) in [6, 6.07) is 5.77. The third-order valence-electron chi connectivity index (χ3n) is 3.46. The molecule has 1 aromatic rings. The van der Waals surface area contributed by atoms with Crippen LogP contribution in [0.5, 0.6) is 0 Å². The maximum absolute atomic E-state index is 11.9. The quantitative estimate of drug-likeness (QED) is 0.801. The van der Waals surface area contributed by atoms with E-state index in [1.165, 1.54) is 0 Å². The fourth-order valence-corrected chi connectivity index (χ4v) is 2.57. The molecule has 1 saturated heterocycles. The third kappa shape index (κ3) is 1.68. The molecule has 0 bridgehead atoms. The van der Waals surface area contributed by atoms with Crippen LogP contribution in [-0.2, 0) is 14.3 Å². The zero-order chi connectivity index (χ0) is 13.6. The summed E-state index contributed by atoms with van der Waals surface area (Å²) < 4.78 is 5.17. The van der Waals surface area contributed by atoms with Crippen molar-refractivity contribution in [3.8, 4) is 0 Å². The average Bonchev–Trinajstić information content (AvgIpc) is 2.91. The summed E-state index contributed by atoms with van der Waals surface area (Å²) in [5.74, 6) is -1.90. The SMILES string of the molecule is O=C1OC(N2C(=O)CCC2C(=O)O)c2ccccc21. The van der Waals surface area contributed by atoms with Crippen LogP contribution in [0.25, 0.3) is 0 Å². The molecule has 1 amide bonds. The molecular formula is C13H11NO5. The van der Waals surface area contributed by atoms with Crippen LogP contribution < -0.4 is 0 Å². The molecule has 0 spiro atoms. The largest absolute Gasteiger partial charge is 0.480 e. The Morgan fingerprint density at radius 2 is 2.05 bits per heavy atom. The van der Waals surface area contributed by atoms with Gasteiger partial charge in [-0.2, -0.15) is 0 Å². The number of carboxylic acid groups (broad SMARTS) is 1. The van der Waals surface area contributed by atoms with Gasteiger partial charge in [0.2, 0.25) is 12.1 Å². The molecule has 2 atom stereocenters. The Bertz CT molecular complexity index is 582. The summed E-state index contributed by atoms with van der Waals surface area (Å²) in [6.07, 6.45) is -0.516. The molecule has 98 valence electrons. The Morgan fingerprint density at radius 1 is 1.32 bits per heavy atom. The molecule has 3 rings (SSSR count). The molecule has 19 heavy (non-hydrogen) atoms. The second-order valence-electron chi connectivity index (χ2n) is 4.54. The first kappa shape index (κ1) is 11.7. The first-order valence-electron chi connectivity index (χ1n) is 5.93. The first-order chi connectivity index (χ1) is 9.09. The summed E-state index contributed by atoms with van der Waals surface area (Å²) in [5.41, 5.74) is 0.935. The summed E-state index contributed by atoms with van der Waals surface area (Å²) in [4.78, 5) is 35.9. The number of hydrogen-bond donors (Lipinski definition) is 1. The van der Waals surface area contributed by atoms with Crippen LogP contribution in [-0.4, -0.2) is 33.9 Å². The number of carboxylic acids is 1. The van der Waals surface area contributed by atoms with Crippen LogP contribution in [0.3, 0.4) is 0 Å². The standard InChI is InChI=1S/C13H11NO5/c15-10-6-5-9(12(16)17)14(10)11-7-3-1-2-4-8(7)13(18)19-11/h1-4,9,11H,5-6H2,(H,16,17). The Morgan fingerprint density at radius 3 is 2.79 bits per heavy atom. The van der Waals surface area contributed by atoms with Crippen LogP contribution in [0, 0.1) is 0 Å². The average molecular weight is 261 g/mol. The van der Waals surface area contributed by atoms with Crippen LogP contribution in [0.1, 0.15) is 35.0 Å². The highest BCUT2D eigenvalue weighted by molar-refractivity contribution is 5.95. The van der Waals surface area contributed by atoms with Crippen LogP contribution in [0.2, 0.25) is 0 Å². The fraction of sp³-hybridized carbons (Fsp3) is 0.308. The molecule has 0 aliphatic carbocycles. The van der Waals surface area contributed by atoms with E-state index in [0.29, 0.717) is 11.1 Å². The molecular weight excluding hydrogens is 250 g/mol. The number of benzene rings is 1. The molecule has 0 saturated carbocycles. The first-order valence-corrected chi connectivity index (χ1v) is 5.93. The Hall–Kier alpha value is -2.37. The fourth-order valence-electron chi connectivity index (χ4n) is 2.57. The molecule has 2 heterocycles. The lowest BCUT2D eigenvalue weighted by Gasteiger charge is -2.27. The van der Waals surface area contributed by atoms with Crippen LogP contribution >= 0.6 is 0 Å². The summed E-state index contributed by atoms with van der Waals surface area (Å²) in [6.45, 7) is 0. The lowest BCUT2D eigenvalue weighted by Crippen LogP contribution is -2.41. The van der Waals surface area contributed by atoms with Gasteiger partial charge >= 0.3 is 11.9 Å². The molecule has 1 fully saturated rings. The smallest absolute Gasteiger partial charge is 0.340 e. The molecule has 0 aromatic heterocycles. The summed E-state index contributed by atoms with van der Waals surface area (Å²) >= 11 is 0. The number of likely N-dealkylation sites (tertiary alicyclic amines) is 1. The van der Waals surface area contributed by atoms with Gasteiger partial charge in [-0.1, -0.05) is 18.2 Å². The highest BCUT2D eigenvalue weighted by Gasteiger charge is 2.46. The Balaban J connectivity index is 2.01. The topological polar surface area (TPSA) is 83.9 Å². The maximum atomic E-state index is 11.9. The number of ether oxygens (including phenoxy) is 1. The Labute approximate surface area is 108 Å². The number of amides is 1. The lowest BCUT2D eigenvalue weighted by atomic mass is 10.1. The summed E-state index contributed by atoms with van der Waals surface area (Å²) in [5, 5.41) is 9.14. The number of carbonyl (C=O) groups is 3. The van der Waals surface area contributed by atoms with E-state index < -0.39 is 24.2 Å². The molecule has 1 N–H and O–H groups in total. The van der Waals surface area contributed by atoms with Gasteiger partial charge in [-0.05, 0) is 12.5 Å². The van der Waals surface area contributed by atoms with Crippen molar-refractivity contribution in [1.82, 2.24) is 4.90 Å². The van der Waals surface area contributed by atoms with Gasteiger partial charge < -0.3 is 9.84 Å². The highest BCUT2D eigenvalue weighted by atomic mass is 16.6. The van der Waals surface area contributed by atoms with E-state index in [1.807, 2.05) is 0 Å². The van der Waals surface area contributed by atoms with Crippen molar-refractivity contribution in [3.63, 3.8) is 0 Å². The number of aliphatic carboxylic acids is 1. The van der Waals surface area contributed by atoms with Crippen molar-refractivity contribution >= 4 is 17.8 Å². The van der Waals surface area contributed by atoms with Crippen molar-refractivity contribution < 1.29 is 24.2 Å². The van der Waals surface area contributed by atoms with Crippen LogP contribution in [0.4, 0.5) is 0 Å². The van der Waals surface area contributed by atoms with Crippen molar-refractivity contribution in [1.29, 1.82) is 0 Å². The summed E-state index contributed by atoms with van der Waals surface area (Å²) in [7, 11) is 0. The molecule has 2 aliphatic rings. The second kappa shape index (κ2) is 4.08. The van der Waals surface area contributed by atoms with E-state index in [-0.39, 0.29) is 18.7 Å². The normalized spacial score (nSPS) is 25.4. The van der Waals surface area contributed by atoms with Gasteiger partial charge in [-0.25, -0.2) is 9.59 Å².